The summed E-state index contributed by atoms with van der Waals surface area (Å²) in [6, 6.07) is 0. The second-order valence-corrected chi connectivity index (χ2v) is 4.46. The first-order chi connectivity index (χ1) is 6.59. The van der Waals surface area contributed by atoms with Crippen LogP contribution >= 0.6 is 23.6 Å². The zero-order valence-corrected chi connectivity index (χ0v) is 9.37. The van der Waals surface area contributed by atoms with Crippen molar-refractivity contribution in [2.45, 2.75) is 13.8 Å². The van der Waals surface area contributed by atoms with Gasteiger partial charge in [0.25, 0.3) is 0 Å². The highest BCUT2D eigenvalue weighted by Gasteiger charge is 2.13. The molecule has 0 saturated heterocycles. The number of aromatic amines is 1. The van der Waals surface area contributed by atoms with E-state index in [1.54, 1.807) is 11.3 Å². The van der Waals surface area contributed by atoms with Crippen LogP contribution in [0.4, 0.5) is 0 Å². The largest absolute Gasteiger partial charge is 0.335 e. The van der Waals surface area contributed by atoms with Gasteiger partial charge < -0.3 is 5.84 Å². The second kappa shape index (κ2) is 3.18. The van der Waals surface area contributed by atoms with Crippen molar-refractivity contribution >= 4 is 23.6 Å². The quantitative estimate of drug-likeness (QED) is 0.570. The molecule has 7 heteroatoms. The summed E-state index contributed by atoms with van der Waals surface area (Å²) in [5.74, 6) is 6.35. The van der Waals surface area contributed by atoms with Crippen molar-refractivity contribution in [3.63, 3.8) is 0 Å². The molecule has 2 aromatic heterocycles. The molecule has 0 aliphatic heterocycles. The maximum atomic E-state index is 5.71. The summed E-state index contributed by atoms with van der Waals surface area (Å²) in [7, 11) is 0. The minimum absolute atomic E-state index is 0.408. The summed E-state index contributed by atoms with van der Waals surface area (Å²) in [6.45, 7) is 3.87. The van der Waals surface area contributed by atoms with E-state index in [1.807, 2.05) is 13.8 Å². The fourth-order valence-corrected chi connectivity index (χ4v) is 2.24. The summed E-state index contributed by atoms with van der Waals surface area (Å²) >= 11 is 6.48. The van der Waals surface area contributed by atoms with Gasteiger partial charge in [0.15, 0.2) is 5.82 Å². The number of thiazole rings is 1. The van der Waals surface area contributed by atoms with E-state index in [-0.39, 0.29) is 0 Å². The first-order valence-electron chi connectivity index (χ1n) is 3.96. The van der Waals surface area contributed by atoms with Gasteiger partial charge in [0.1, 0.15) is 0 Å². The summed E-state index contributed by atoms with van der Waals surface area (Å²) in [5, 5.41) is 7.68. The Kier molecular flexibility index (Phi) is 2.12. The molecule has 0 saturated carbocycles. The summed E-state index contributed by atoms with van der Waals surface area (Å²) in [5.41, 5.74) is 0.924. The highest BCUT2D eigenvalue weighted by atomic mass is 32.1. The molecule has 0 bridgehead atoms. The highest BCUT2D eigenvalue weighted by Crippen LogP contribution is 2.26. The van der Waals surface area contributed by atoms with Gasteiger partial charge in [-0.15, -0.1) is 11.3 Å². The molecule has 0 aliphatic carbocycles. The summed E-state index contributed by atoms with van der Waals surface area (Å²) in [6.07, 6.45) is 0. The lowest BCUT2D eigenvalue weighted by molar-refractivity contribution is 0.984. The third-order valence-corrected chi connectivity index (χ3v) is 3.17. The van der Waals surface area contributed by atoms with E-state index < -0.39 is 0 Å². The molecule has 74 valence electrons. The fourth-order valence-electron chi connectivity index (χ4n) is 1.20. The molecule has 0 unspecified atom stereocenters. The van der Waals surface area contributed by atoms with E-state index >= 15 is 0 Å². The number of hydrogen-bond acceptors (Lipinski definition) is 5. The van der Waals surface area contributed by atoms with Crippen molar-refractivity contribution in [1.82, 2.24) is 19.9 Å². The summed E-state index contributed by atoms with van der Waals surface area (Å²) in [4.78, 5) is 5.26. The van der Waals surface area contributed by atoms with E-state index in [1.165, 1.54) is 4.68 Å². The lowest BCUT2D eigenvalue weighted by Crippen LogP contribution is -2.09. The molecule has 5 nitrogen and oxygen atoms in total. The third kappa shape index (κ3) is 1.34. The van der Waals surface area contributed by atoms with Gasteiger partial charge in [-0.3, -0.25) is 0 Å². The predicted molar refractivity (Wildman–Crippen MR) is 58.1 cm³/mol. The molecule has 0 spiro atoms. The number of aryl methyl sites for hydroxylation is 2. The maximum Gasteiger partial charge on any atom is 0.214 e. The predicted octanol–water partition coefficient (Wildman–Crippen LogP) is 1.39. The van der Waals surface area contributed by atoms with Crippen LogP contribution in [0, 0.1) is 18.6 Å². The van der Waals surface area contributed by atoms with Crippen LogP contribution in [0.15, 0.2) is 0 Å². The van der Waals surface area contributed by atoms with E-state index in [4.69, 9.17) is 18.1 Å². The number of hydrogen-bond donors (Lipinski definition) is 2. The van der Waals surface area contributed by atoms with Gasteiger partial charge in [0.2, 0.25) is 4.77 Å². The van der Waals surface area contributed by atoms with Crippen molar-refractivity contribution in [2.75, 3.05) is 5.84 Å². The van der Waals surface area contributed by atoms with Crippen LogP contribution in [0.5, 0.6) is 0 Å². The molecule has 2 heterocycles. The smallest absolute Gasteiger partial charge is 0.214 e. The monoisotopic (exact) mass is 227 g/mol. The minimum Gasteiger partial charge on any atom is -0.335 e. The van der Waals surface area contributed by atoms with E-state index in [2.05, 4.69) is 15.2 Å². The molecule has 0 fully saturated rings. The molecule has 0 amide bonds. The lowest BCUT2D eigenvalue weighted by Gasteiger charge is -1.96. The standard InChI is InChI=1S/C7H9N5S2/c1-3-5(14-4(2)9-3)6-10-11-7(13)12(6)8/h8H2,1-2H3,(H,11,13). The highest BCUT2D eigenvalue weighted by molar-refractivity contribution is 7.71. The Labute approximate surface area is 89.6 Å². The van der Waals surface area contributed by atoms with Gasteiger partial charge in [-0.25, -0.2) is 14.8 Å². The van der Waals surface area contributed by atoms with Gasteiger partial charge in [0.05, 0.1) is 15.6 Å². The van der Waals surface area contributed by atoms with Crippen molar-refractivity contribution in [3.8, 4) is 10.7 Å². The lowest BCUT2D eigenvalue weighted by atomic mass is 10.4. The first kappa shape index (κ1) is 9.35. The third-order valence-electron chi connectivity index (χ3n) is 1.81. The molecule has 0 atom stereocenters. The molecule has 0 radical (unpaired) electrons. The van der Waals surface area contributed by atoms with Crippen molar-refractivity contribution in [1.29, 1.82) is 0 Å². The van der Waals surface area contributed by atoms with Crippen molar-refractivity contribution in [2.24, 2.45) is 0 Å². The molecular weight excluding hydrogens is 218 g/mol. The SMILES string of the molecule is Cc1nc(C)c(-c2n[nH]c(=S)n2N)s1. The Bertz CT molecular complexity index is 520. The fraction of sp³-hybridized carbons (Fsp3) is 0.286. The van der Waals surface area contributed by atoms with Crippen LogP contribution in [0.2, 0.25) is 0 Å². The van der Waals surface area contributed by atoms with Gasteiger partial charge in [-0.1, -0.05) is 0 Å². The summed E-state index contributed by atoms with van der Waals surface area (Å²) < 4.78 is 1.76. The van der Waals surface area contributed by atoms with E-state index in [9.17, 15) is 0 Å². The second-order valence-electron chi connectivity index (χ2n) is 2.87. The molecule has 0 aliphatic rings. The number of aromatic nitrogens is 4. The zero-order chi connectivity index (χ0) is 10.3. The molecule has 2 aromatic rings. The molecule has 2 rings (SSSR count). The average Bonchev–Trinajstić information content (AvgIpc) is 2.59. The molecule has 14 heavy (non-hydrogen) atoms. The normalized spacial score (nSPS) is 10.7. The Hall–Kier alpha value is -1.21. The van der Waals surface area contributed by atoms with Gasteiger partial charge in [-0.2, -0.15) is 5.10 Å². The van der Waals surface area contributed by atoms with Crippen LogP contribution in [0.25, 0.3) is 10.7 Å². The number of rotatable bonds is 1. The molecule has 3 N–H and O–H groups in total. The van der Waals surface area contributed by atoms with Gasteiger partial charge in [-0.05, 0) is 26.1 Å². The van der Waals surface area contributed by atoms with Gasteiger partial charge >= 0.3 is 0 Å². The van der Waals surface area contributed by atoms with Crippen molar-refractivity contribution < 1.29 is 0 Å². The van der Waals surface area contributed by atoms with E-state index in [0.717, 1.165) is 15.6 Å². The van der Waals surface area contributed by atoms with Gasteiger partial charge in [0, 0.05) is 0 Å². The number of nitrogens with two attached hydrogens (primary N) is 1. The van der Waals surface area contributed by atoms with Crippen LogP contribution in [0.3, 0.4) is 0 Å². The van der Waals surface area contributed by atoms with Crippen LogP contribution in [-0.4, -0.2) is 19.9 Å². The topological polar surface area (TPSA) is 72.5 Å². The van der Waals surface area contributed by atoms with Crippen LogP contribution < -0.4 is 5.84 Å². The van der Waals surface area contributed by atoms with Crippen LogP contribution in [0.1, 0.15) is 10.7 Å². The van der Waals surface area contributed by atoms with Crippen LogP contribution in [-0.2, 0) is 0 Å². The molecule has 0 aromatic carbocycles. The Balaban J connectivity index is 2.65. The maximum absolute atomic E-state index is 5.71. The minimum atomic E-state index is 0.408. The van der Waals surface area contributed by atoms with Crippen molar-refractivity contribution in [3.05, 3.63) is 15.5 Å². The number of H-pyrrole nitrogens is 1. The Morgan fingerprint density at radius 3 is 2.64 bits per heavy atom. The number of nitrogen functional groups attached to an aromatic ring is 1. The Morgan fingerprint density at radius 2 is 2.21 bits per heavy atom. The zero-order valence-electron chi connectivity index (χ0n) is 7.74. The first-order valence-corrected chi connectivity index (χ1v) is 5.19. The number of nitrogens with zero attached hydrogens (tertiary/aromatic N) is 3. The van der Waals surface area contributed by atoms with E-state index in [0.29, 0.717) is 10.6 Å². The average molecular weight is 227 g/mol. The Morgan fingerprint density at radius 1 is 1.50 bits per heavy atom. The molecular formula is C7H9N5S2. The number of nitrogens with one attached hydrogen (secondary N) is 1.